The highest BCUT2D eigenvalue weighted by Crippen LogP contribution is 2.37. The fourth-order valence-corrected chi connectivity index (χ4v) is 3.88. The van der Waals surface area contributed by atoms with E-state index in [0.29, 0.717) is 12.4 Å². The minimum Gasteiger partial charge on any atom is -0.494 e. The molecular formula is C18H20FN3O2S. The van der Waals surface area contributed by atoms with Crippen molar-refractivity contribution in [2.45, 2.75) is 25.8 Å². The Hall–Kier alpha value is -2.41. The van der Waals surface area contributed by atoms with Crippen LogP contribution in [0.2, 0.25) is 0 Å². The number of thiophene rings is 1. The van der Waals surface area contributed by atoms with Gasteiger partial charge in [0.2, 0.25) is 5.91 Å². The molecule has 25 heavy (non-hydrogen) atoms. The van der Waals surface area contributed by atoms with Crippen LogP contribution in [0.5, 0.6) is 5.75 Å². The Labute approximate surface area is 149 Å². The van der Waals surface area contributed by atoms with E-state index in [4.69, 9.17) is 10.1 Å². The van der Waals surface area contributed by atoms with Crippen LogP contribution in [0.1, 0.15) is 25.1 Å². The Morgan fingerprint density at radius 2 is 2.12 bits per heavy atom. The minimum atomic E-state index is -0.639. The van der Waals surface area contributed by atoms with E-state index >= 15 is 0 Å². The van der Waals surface area contributed by atoms with Crippen LogP contribution in [0.3, 0.4) is 0 Å². The first-order chi connectivity index (χ1) is 11.8. The van der Waals surface area contributed by atoms with Crippen molar-refractivity contribution in [3.63, 3.8) is 0 Å². The second-order valence-corrected chi connectivity index (χ2v) is 7.15. The topological polar surface area (TPSA) is 65.4 Å². The third kappa shape index (κ3) is 3.37. The zero-order valence-electron chi connectivity index (χ0n) is 14.4. The molecule has 1 aromatic heterocycles. The van der Waals surface area contributed by atoms with Crippen LogP contribution < -0.4 is 10.1 Å². The van der Waals surface area contributed by atoms with Gasteiger partial charge in [-0.25, -0.2) is 4.39 Å². The fraction of sp³-hybridized carbons (Fsp3) is 0.333. The van der Waals surface area contributed by atoms with Crippen molar-refractivity contribution in [1.29, 1.82) is 5.41 Å². The number of benzene rings is 1. The maximum atomic E-state index is 13.9. The lowest BCUT2D eigenvalue weighted by atomic mass is 9.92. The molecule has 1 aliphatic rings. The molecule has 0 bridgehead atoms. The van der Waals surface area contributed by atoms with Crippen molar-refractivity contribution in [2.24, 2.45) is 0 Å². The number of rotatable bonds is 4. The zero-order valence-corrected chi connectivity index (χ0v) is 15.2. The van der Waals surface area contributed by atoms with E-state index in [-0.39, 0.29) is 24.1 Å². The number of nitrogens with zero attached hydrogens (tertiary/aromatic N) is 1. The Morgan fingerprint density at radius 1 is 1.36 bits per heavy atom. The zero-order chi connectivity index (χ0) is 18.2. The molecule has 0 radical (unpaired) electrons. The number of carbonyl (C=O) groups is 1. The molecule has 2 heterocycles. The van der Waals surface area contributed by atoms with Gasteiger partial charge in [0.1, 0.15) is 11.6 Å². The molecule has 0 saturated carbocycles. The summed E-state index contributed by atoms with van der Waals surface area (Å²) in [5.74, 6) is 0.115. The number of guanidine groups is 1. The Morgan fingerprint density at radius 3 is 2.80 bits per heavy atom. The number of carbonyl (C=O) groups excluding carboxylic acids is 1. The molecule has 5 nitrogen and oxygen atoms in total. The van der Waals surface area contributed by atoms with Crippen LogP contribution in [0.4, 0.5) is 4.39 Å². The first-order valence-corrected chi connectivity index (χ1v) is 8.86. The van der Waals surface area contributed by atoms with Crippen LogP contribution in [-0.2, 0) is 10.3 Å². The van der Waals surface area contributed by atoms with E-state index in [1.807, 2.05) is 25.3 Å². The number of ether oxygens (including phenoxy) is 1. The summed E-state index contributed by atoms with van der Waals surface area (Å²) >= 11 is 1.49. The van der Waals surface area contributed by atoms with Crippen molar-refractivity contribution in [3.8, 4) is 16.9 Å². The lowest BCUT2D eigenvalue weighted by Gasteiger charge is -2.38. The molecule has 1 aliphatic heterocycles. The Balaban J connectivity index is 1.93. The van der Waals surface area contributed by atoms with Crippen molar-refractivity contribution < 1.29 is 13.9 Å². The molecule has 0 aliphatic carbocycles. The molecule has 1 saturated heterocycles. The van der Waals surface area contributed by atoms with Crippen molar-refractivity contribution in [2.75, 3.05) is 13.7 Å². The van der Waals surface area contributed by atoms with Gasteiger partial charge < -0.3 is 10.1 Å². The monoisotopic (exact) mass is 361 g/mol. The lowest BCUT2D eigenvalue weighted by Crippen LogP contribution is -2.57. The van der Waals surface area contributed by atoms with Gasteiger partial charge in [-0.05, 0) is 48.6 Å². The fourth-order valence-electron chi connectivity index (χ4n) is 2.84. The summed E-state index contributed by atoms with van der Waals surface area (Å²) in [6.45, 7) is 4.22. The average Bonchev–Trinajstić information content (AvgIpc) is 3.03. The van der Waals surface area contributed by atoms with Crippen LogP contribution >= 0.6 is 11.3 Å². The van der Waals surface area contributed by atoms with Crippen LogP contribution in [0.25, 0.3) is 11.1 Å². The van der Waals surface area contributed by atoms with Crippen molar-refractivity contribution in [1.82, 2.24) is 10.2 Å². The number of amides is 1. The average molecular weight is 361 g/mol. The summed E-state index contributed by atoms with van der Waals surface area (Å²) in [5.41, 5.74) is 0.949. The van der Waals surface area contributed by atoms with E-state index in [1.54, 1.807) is 13.1 Å². The first-order valence-electron chi connectivity index (χ1n) is 7.98. The van der Waals surface area contributed by atoms with E-state index in [0.717, 1.165) is 16.0 Å². The van der Waals surface area contributed by atoms with Gasteiger partial charge in [-0.1, -0.05) is 0 Å². The summed E-state index contributed by atoms with van der Waals surface area (Å²) in [6.07, 6.45) is 0.263. The van der Waals surface area contributed by atoms with E-state index in [9.17, 15) is 9.18 Å². The van der Waals surface area contributed by atoms with Crippen LogP contribution in [0, 0.1) is 11.2 Å². The van der Waals surface area contributed by atoms with Crippen LogP contribution in [-0.4, -0.2) is 30.4 Å². The largest absolute Gasteiger partial charge is 0.494 e. The second-order valence-electron chi connectivity index (χ2n) is 6.24. The number of hydrogen-bond acceptors (Lipinski definition) is 4. The highest BCUT2D eigenvalue weighted by atomic mass is 32.1. The summed E-state index contributed by atoms with van der Waals surface area (Å²) in [5, 5.41) is 13.0. The summed E-state index contributed by atoms with van der Waals surface area (Å²) < 4.78 is 19.3. The molecule has 1 amide bonds. The van der Waals surface area contributed by atoms with Gasteiger partial charge in [0.15, 0.2) is 5.96 Å². The van der Waals surface area contributed by atoms with Crippen LogP contribution in [0.15, 0.2) is 29.6 Å². The molecule has 2 N–H and O–H groups in total. The summed E-state index contributed by atoms with van der Waals surface area (Å²) in [7, 11) is 1.58. The minimum absolute atomic E-state index is 0.0816. The molecule has 1 atom stereocenters. The smallest absolute Gasteiger partial charge is 0.231 e. The Bertz CT molecular complexity index is 815. The molecule has 0 unspecified atom stereocenters. The number of nitrogens with one attached hydrogen (secondary N) is 2. The molecule has 1 fully saturated rings. The quantitative estimate of drug-likeness (QED) is 0.875. The van der Waals surface area contributed by atoms with Gasteiger partial charge in [-0.3, -0.25) is 15.1 Å². The molecular weight excluding hydrogens is 341 g/mol. The van der Waals surface area contributed by atoms with E-state index in [2.05, 4.69) is 5.32 Å². The molecule has 132 valence electrons. The maximum Gasteiger partial charge on any atom is 0.231 e. The predicted molar refractivity (Wildman–Crippen MR) is 96.5 cm³/mol. The van der Waals surface area contributed by atoms with Gasteiger partial charge in [0, 0.05) is 18.0 Å². The molecule has 7 heteroatoms. The second kappa shape index (κ2) is 6.48. The van der Waals surface area contributed by atoms with Gasteiger partial charge in [0.05, 0.1) is 18.6 Å². The van der Waals surface area contributed by atoms with Gasteiger partial charge in [-0.2, -0.15) is 0 Å². The summed E-state index contributed by atoms with van der Waals surface area (Å²) in [6, 6.07) is 6.57. The van der Waals surface area contributed by atoms with Gasteiger partial charge in [0.25, 0.3) is 0 Å². The normalized spacial score (nSPS) is 20.6. The molecule has 2 aromatic rings. The first kappa shape index (κ1) is 17.4. The van der Waals surface area contributed by atoms with Crippen molar-refractivity contribution >= 4 is 23.2 Å². The third-order valence-corrected chi connectivity index (χ3v) is 5.46. The number of halogens is 1. The van der Waals surface area contributed by atoms with E-state index in [1.165, 1.54) is 28.4 Å². The SMILES string of the molecule is CCOc1cc(F)cc(-c2csc([C@]3(C)CC(=O)N(C)C(=N)N3)c2)c1. The van der Waals surface area contributed by atoms with Gasteiger partial charge >= 0.3 is 0 Å². The van der Waals surface area contributed by atoms with Gasteiger partial charge in [-0.15, -0.1) is 11.3 Å². The third-order valence-electron chi connectivity index (χ3n) is 4.27. The standard InChI is InChI=1S/C18H20FN3O2S/c1-4-24-14-6-11(5-13(19)8-14)12-7-15(25-10-12)18(2)9-16(23)22(3)17(20)21-18/h5-8,10H,4,9H2,1-3H3,(H2,20,21)/t18-/m0/s1. The summed E-state index contributed by atoms with van der Waals surface area (Å²) in [4.78, 5) is 14.3. The molecule has 1 aromatic carbocycles. The van der Waals surface area contributed by atoms with Crippen molar-refractivity contribution in [3.05, 3.63) is 40.3 Å². The highest BCUT2D eigenvalue weighted by Gasteiger charge is 2.38. The number of hydrogen-bond donors (Lipinski definition) is 2. The predicted octanol–water partition coefficient (Wildman–Crippen LogP) is 3.55. The Kier molecular flexibility index (Phi) is 4.51. The van der Waals surface area contributed by atoms with E-state index < -0.39 is 5.54 Å². The highest BCUT2D eigenvalue weighted by molar-refractivity contribution is 7.10. The molecule has 0 spiro atoms. The maximum absolute atomic E-state index is 13.9. The molecule has 3 rings (SSSR count). The lowest BCUT2D eigenvalue weighted by molar-refractivity contribution is -0.129.